The molecule has 3 aromatic carbocycles. The summed E-state index contributed by atoms with van der Waals surface area (Å²) in [5.41, 5.74) is 1.49. The molecule has 174 valence electrons. The number of halogens is 3. The number of benzene rings is 3. The van der Waals surface area contributed by atoms with E-state index in [2.05, 4.69) is 0 Å². The minimum Gasteiger partial charge on any atom is -0.492 e. The molecule has 1 aliphatic heterocycles. The molecule has 5 nitrogen and oxygen atoms in total. The highest BCUT2D eigenvalue weighted by Gasteiger charge is 2.34. The number of nitrogens with zero attached hydrogens (tertiary/aromatic N) is 1. The molecule has 1 saturated heterocycles. The van der Waals surface area contributed by atoms with Crippen LogP contribution in [0.3, 0.4) is 0 Å². The molecule has 1 heterocycles. The first-order chi connectivity index (χ1) is 16.4. The molecule has 0 bridgehead atoms. The molecule has 0 aliphatic carbocycles. The summed E-state index contributed by atoms with van der Waals surface area (Å²) in [7, 11) is 0. The number of imide groups is 1. The summed E-state index contributed by atoms with van der Waals surface area (Å²) in [4.78, 5) is 26.4. The first-order valence-electron chi connectivity index (χ1n) is 10.2. The average Bonchev–Trinajstić information content (AvgIpc) is 3.08. The van der Waals surface area contributed by atoms with Crippen LogP contribution in [0.15, 0.2) is 71.6 Å². The largest absolute Gasteiger partial charge is 0.492 e. The molecule has 1 fully saturated rings. The van der Waals surface area contributed by atoms with Crippen LogP contribution in [-0.2, 0) is 11.4 Å². The van der Waals surface area contributed by atoms with Crippen LogP contribution in [-0.4, -0.2) is 29.2 Å². The molecular formula is C25H18Cl2FNO4S. The van der Waals surface area contributed by atoms with Gasteiger partial charge in [-0.15, -0.1) is 0 Å². The number of carbonyl (C=O) groups excluding carboxylic acids is 2. The zero-order valence-corrected chi connectivity index (χ0v) is 20.0. The number of ether oxygens (including phenoxy) is 2. The quantitative estimate of drug-likeness (QED) is 0.306. The maximum atomic E-state index is 13.0. The van der Waals surface area contributed by atoms with Crippen LogP contribution in [0.5, 0.6) is 11.5 Å². The number of amides is 2. The average molecular weight is 518 g/mol. The van der Waals surface area contributed by atoms with E-state index in [1.54, 1.807) is 30.3 Å². The van der Waals surface area contributed by atoms with E-state index in [1.807, 2.05) is 18.2 Å². The monoisotopic (exact) mass is 517 g/mol. The highest BCUT2D eigenvalue weighted by atomic mass is 35.5. The maximum absolute atomic E-state index is 13.0. The third-order valence-corrected chi connectivity index (χ3v) is 6.44. The Balaban J connectivity index is 1.36. The molecule has 4 rings (SSSR count). The summed E-state index contributed by atoms with van der Waals surface area (Å²) >= 11 is 13.4. The van der Waals surface area contributed by atoms with Crippen molar-refractivity contribution in [3.8, 4) is 11.5 Å². The fraction of sp³-hybridized carbons (Fsp3) is 0.120. The van der Waals surface area contributed by atoms with E-state index in [0.717, 1.165) is 22.2 Å². The van der Waals surface area contributed by atoms with Gasteiger partial charge in [0.25, 0.3) is 11.1 Å². The SMILES string of the molecule is O=C1S/C(=C\c2ccc(OCc3ccccc3Cl)c(Cl)c2)C(=O)N1CCOc1ccc(F)cc1. The van der Waals surface area contributed by atoms with Gasteiger partial charge in [0.05, 0.1) is 16.5 Å². The lowest BCUT2D eigenvalue weighted by atomic mass is 10.2. The zero-order valence-electron chi connectivity index (χ0n) is 17.7. The molecule has 0 unspecified atom stereocenters. The number of rotatable bonds is 8. The smallest absolute Gasteiger partial charge is 0.293 e. The molecule has 3 aromatic rings. The Bertz CT molecular complexity index is 1250. The van der Waals surface area contributed by atoms with Gasteiger partial charge in [0.15, 0.2) is 0 Å². The first kappa shape index (κ1) is 24.1. The van der Waals surface area contributed by atoms with Crippen LogP contribution >= 0.6 is 35.0 Å². The van der Waals surface area contributed by atoms with Gasteiger partial charge in [-0.05, 0) is 65.9 Å². The van der Waals surface area contributed by atoms with Gasteiger partial charge in [0, 0.05) is 10.6 Å². The van der Waals surface area contributed by atoms with Crippen molar-refractivity contribution in [3.05, 3.63) is 98.6 Å². The van der Waals surface area contributed by atoms with Crippen molar-refractivity contribution in [2.75, 3.05) is 13.2 Å². The zero-order chi connectivity index (χ0) is 24.1. The minimum atomic E-state index is -0.409. The Morgan fingerprint density at radius 3 is 2.44 bits per heavy atom. The second-order valence-corrected chi connectivity index (χ2v) is 9.01. The fourth-order valence-corrected chi connectivity index (χ4v) is 4.42. The normalized spacial score (nSPS) is 14.7. The van der Waals surface area contributed by atoms with Crippen molar-refractivity contribution in [2.45, 2.75) is 6.61 Å². The van der Waals surface area contributed by atoms with Crippen molar-refractivity contribution < 1.29 is 23.5 Å². The van der Waals surface area contributed by atoms with E-state index in [1.165, 1.54) is 24.3 Å². The third kappa shape index (κ3) is 5.91. The van der Waals surface area contributed by atoms with Gasteiger partial charge in [-0.3, -0.25) is 14.5 Å². The Morgan fingerprint density at radius 1 is 0.941 bits per heavy atom. The molecule has 2 amide bonds. The summed E-state index contributed by atoms with van der Waals surface area (Å²) in [5.74, 6) is 0.150. The van der Waals surface area contributed by atoms with Crippen molar-refractivity contribution in [1.82, 2.24) is 4.90 Å². The molecule has 0 atom stereocenters. The predicted molar refractivity (Wildman–Crippen MR) is 132 cm³/mol. The Hall–Kier alpha value is -3.00. The van der Waals surface area contributed by atoms with Crippen molar-refractivity contribution in [3.63, 3.8) is 0 Å². The fourth-order valence-electron chi connectivity index (χ4n) is 3.12. The lowest BCUT2D eigenvalue weighted by Crippen LogP contribution is -2.32. The number of hydrogen-bond acceptors (Lipinski definition) is 5. The summed E-state index contributed by atoms with van der Waals surface area (Å²) in [6.07, 6.45) is 1.61. The van der Waals surface area contributed by atoms with E-state index >= 15 is 0 Å². The highest BCUT2D eigenvalue weighted by molar-refractivity contribution is 8.18. The Kier molecular flexibility index (Phi) is 7.77. The molecule has 9 heteroatoms. The van der Waals surface area contributed by atoms with Crippen LogP contribution in [0.2, 0.25) is 10.0 Å². The topological polar surface area (TPSA) is 55.8 Å². The van der Waals surface area contributed by atoms with Gasteiger partial charge in [-0.25, -0.2) is 4.39 Å². The van der Waals surface area contributed by atoms with Crippen LogP contribution in [0.4, 0.5) is 9.18 Å². The van der Waals surface area contributed by atoms with Crippen molar-refractivity contribution in [1.29, 1.82) is 0 Å². The van der Waals surface area contributed by atoms with E-state index < -0.39 is 5.91 Å². The van der Waals surface area contributed by atoms with E-state index in [-0.39, 0.29) is 35.7 Å². The molecule has 0 N–H and O–H groups in total. The van der Waals surface area contributed by atoms with Gasteiger partial charge < -0.3 is 9.47 Å². The Labute approximate surface area is 210 Å². The van der Waals surface area contributed by atoms with E-state index in [4.69, 9.17) is 32.7 Å². The van der Waals surface area contributed by atoms with Crippen molar-refractivity contribution in [2.24, 2.45) is 0 Å². The predicted octanol–water partition coefficient (Wildman–Crippen LogP) is 6.83. The summed E-state index contributed by atoms with van der Waals surface area (Å²) < 4.78 is 24.2. The summed E-state index contributed by atoms with van der Waals surface area (Å²) in [6, 6.07) is 18.0. The third-order valence-electron chi connectivity index (χ3n) is 4.87. The molecule has 0 radical (unpaired) electrons. The van der Waals surface area contributed by atoms with Gasteiger partial charge in [-0.2, -0.15) is 0 Å². The van der Waals surface area contributed by atoms with Gasteiger partial charge in [0.1, 0.15) is 30.5 Å². The lowest BCUT2D eigenvalue weighted by molar-refractivity contribution is -0.123. The van der Waals surface area contributed by atoms with Crippen LogP contribution in [0.1, 0.15) is 11.1 Å². The van der Waals surface area contributed by atoms with Gasteiger partial charge in [-0.1, -0.05) is 47.5 Å². The summed E-state index contributed by atoms with van der Waals surface area (Å²) in [6.45, 7) is 0.437. The first-order valence-corrected chi connectivity index (χ1v) is 11.8. The molecular weight excluding hydrogens is 500 g/mol. The number of thioether (sulfide) groups is 1. The second-order valence-electron chi connectivity index (χ2n) is 7.21. The molecule has 0 saturated carbocycles. The lowest BCUT2D eigenvalue weighted by Gasteiger charge is -2.13. The van der Waals surface area contributed by atoms with Gasteiger partial charge in [0.2, 0.25) is 0 Å². The van der Waals surface area contributed by atoms with Crippen molar-refractivity contribution >= 4 is 52.2 Å². The number of hydrogen-bond donors (Lipinski definition) is 0. The van der Waals surface area contributed by atoms with E-state index in [9.17, 15) is 14.0 Å². The molecule has 0 aromatic heterocycles. The van der Waals surface area contributed by atoms with Crippen LogP contribution < -0.4 is 9.47 Å². The summed E-state index contributed by atoms with van der Waals surface area (Å²) in [5, 5.41) is 0.589. The van der Waals surface area contributed by atoms with Crippen LogP contribution in [0.25, 0.3) is 6.08 Å². The minimum absolute atomic E-state index is 0.0783. The van der Waals surface area contributed by atoms with Gasteiger partial charge >= 0.3 is 0 Å². The molecule has 34 heavy (non-hydrogen) atoms. The van der Waals surface area contributed by atoms with E-state index in [0.29, 0.717) is 27.1 Å². The highest BCUT2D eigenvalue weighted by Crippen LogP contribution is 2.34. The Morgan fingerprint density at radius 2 is 1.71 bits per heavy atom. The number of carbonyl (C=O) groups is 2. The molecule has 0 spiro atoms. The van der Waals surface area contributed by atoms with Crippen LogP contribution in [0, 0.1) is 5.82 Å². The second kappa shape index (κ2) is 11.0. The maximum Gasteiger partial charge on any atom is 0.293 e. The standard InChI is InChI=1S/C25H18Cl2FNO4S/c26-20-4-2-1-3-17(20)15-33-22-10-5-16(13-21(22)27)14-23-24(30)29(25(31)34-23)11-12-32-19-8-6-18(28)7-9-19/h1-10,13-14H,11-12,15H2/b23-14-. The molecule has 1 aliphatic rings.